The SMILES string of the molecule is Cl.O=C(OCC(CCN1CCOCC1)c1ccc(Cl)cc1Cl)c1ccc(Cl)cc1Cl. The Kier molecular flexibility index (Phi) is 10.5. The van der Waals surface area contributed by atoms with Gasteiger partial charge in [0.1, 0.15) is 0 Å². The number of ether oxygens (including phenoxy) is 2. The molecule has 1 saturated heterocycles. The van der Waals surface area contributed by atoms with Gasteiger partial charge in [-0.15, -0.1) is 12.4 Å². The molecule has 2 aromatic rings. The highest BCUT2D eigenvalue weighted by Crippen LogP contribution is 2.31. The van der Waals surface area contributed by atoms with Crippen LogP contribution in [-0.2, 0) is 9.47 Å². The predicted octanol–water partition coefficient (Wildman–Crippen LogP) is 6.38. The third kappa shape index (κ3) is 7.16. The lowest BCUT2D eigenvalue weighted by atomic mass is 9.96. The topological polar surface area (TPSA) is 38.8 Å². The smallest absolute Gasteiger partial charge is 0.339 e. The van der Waals surface area contributed by atoms with Crippen molar-refractivity contribution in [2.75, 3.05) is 39.5 Å². The molecule has 4 nitrogen and oxygen atoms in total. The summed E-state index contributed by atoms with van der Waals surface area (Å²) in [6.45, 7) is 4.28. The van der Waals surface area contributed by atoms with Crippen LogP contribution < -0.4 is 0 Å². The summed E-state index contributed by atoms with van der Waals surface area (Å²) in [6.07, 6.45) is 0.781. The average Bonchev–Trinajstić information content (AvgIpc) is 2.69. The summed E-state index contributed by atoms with van der Waals surface area (Å²) >= 11 is 24.5. The molecule has 0 amide bonds. The lowest BCUT2D eigenvalue weighted by Crippen LogP contribution is -2.37. The van der Waals surface area contributed by atoms with E-state index in [1.54, 1.807) is 24.3 Å². The number of morpholine rings is 1. The molecular weight excluding hydrogens is 492 g/mol. The monoisotopic (exact) mass is 511 g/mol. The van der Waals surface area contributed by atoms with E-state index in [9.17, 15) is 4.79 Å². The average molecular weight is 514 g/mol. The second-order valence-corrected chi connectivity index (χ2v) is 8.52. The van der Waals surface area contributed by atoms with Gasteiger partial charge < -0.3 is 9.47 Å². The van der Waals surface area contributed by atoms with E-state index in [1.165, 1.54) is 6.07 Å². The number of benzene rings is 2. The van der Waals surface area contributed by atoms with Crippen molar-refractivity contribution in [2.24, 2.45) is 0 Å². The molecule has 1 fully saturated rings. The number of carbonyl (C=O) groups is 1. The molecule has 0 aliphatic carbocycles. The van der Waals surface area contributed by atoms with Crippen molar-refractivity contribution >= 4 is 64.8 Å². The van der Waals surface area contributed by atoms with Crippen LogP contribution >= 0.6 is 58.8 Å². The summed E-state index contributed by atoms with van der Waals surface area (Å²) in [4.78, 5) is 14.9. The molecule has 30 heavy (non-hydrogen) atoms. The number of halogens is 5. The molecule has 1 unspecified atom stereocenters. The van der Waals surface area contributed by atoms with E-state index >= 15 is 0 Å². The van der Waals surface area contributed by atoms with Crippen LogP contribution in [0.3, 0.4) is 0 Å². The van der Waals surface area contributed by atoms with Gasteiger partial charge >= 0.3 is 5.97 Å². The zero-order valence-electron chi connectivity index (χ0n) is 16.1. The number of carbonyl (C=O) groups excluding carboxylic acids is 1. The van der Waals surface area contributed by atoms with Gasteiger partial charge in [0, 0.05) is 34.1 Å². The Morgan fingerprint density at radius 1 is 1.00 bits per heavy atom. The van der Waals surface area contributed by atoms with E-state index in [4.69, 9.17) is 55.9 Å². The molecule has 0 N–H and O–H groups in total. The second-order valence-electron chi connectivity index (χ2n) is 6.83. The van der Waals surface area contributed by atoms with E-state index < -0.39 is 5.97 Å². The van der Waals surface area contributed by atoms with Crippen LogP contribution in [0.1, 0.15) is 28.3 Å². The highest BCUT2D eigenvalue weighted by molar-refractivity contribution is 6.36. The van der Waals surface area contributed by atoms with Crippen molar-refractivity contribution in [3.05, 3.63) is 67.6 Å². The Morgan fingerprint density at radius 3 is 2.27 bits per heavy atom. The van der Waals surface area contributed by atoms with Crippen molar-refractivity contribution in [3.8, 4) is 0 Å². The molecule has 2 aromatic carbocycles. The largest absolute Gasteiger partial charge is 0.461 e. The van der Waals surface area contributed by atoms with Gasteiger partial charge in [-0.25, -0.2) is 4.79 Å². The second kappa shape index (κ2) is 12.4. The Bertz CT molecular complexity index is 859. The fraction of sp³-hybridized carbons (Fsp3) is 0.381. The minimum Gasteiger partial charge on any atom is -0.461 e. The summed E-state index contributed by atoms with van der Waals surface area (Å²) in [5, 5.41) is 1.85. The standard InChI is InChI=1S/C21H21Cl4NO3.ClH/c22-15-1-3-17(19(24)11-15)14(5-6-26-7-9-28-10-8-26)13-29-21(27)18-4-2-16(23)12-20(18)25;/h1-4,11-12,14H,5-10,13H2;1H. The number of hydrogen-bond acceptors (Lipinski definition) is 4. The van der Waals surface area contributed by atoms with Crippen LogP contribution in [-0.4, -0.2) is 50.3 Å². The van der Waals surface area contributed by atoms with E-state index in [1.807, 2.05) is 6.07 Å². The first kappa shape index (κ1) is 25.5. The number of esters is 1. The van der Waals surface area contributed by atoms with Crippen LogP contribution in [0.4, 0.5) is 0 Å². The zero-order valence-corrected chi connectivity index (χ0v) is 19.9. The summed E-state index contributed by atoms with van der Waals surface area (Å²) < 4.78 is 11.0. The van der Waals surface area contributed by atoms with Crippen LogP contribution in [0.15, 0.2) is 36.4 Å². The number of hydrogen-bond donors (Lipinski definition) is 0. The molecule has 9 heteroatoms. The van der Waals surface area contributed by atoms with Crippen LogP contribution in [0.2, 0.25) is 20.1 Å². The van der Waals surface area contributed by atoms with E-state index in [-0.39, 0.29) is 35.5 Å². The fourth-order valence-electron chi connectivity index (χ4n) is 3.23. The third-order valence-electron chi connectivity index (χ3n) is 4.87. The van der Waals surface area contributed by atoms with Crippen LogP contribution in [0.25, 0.3) is 0 Å². The van der Waals surface area contributed by atoms with Crippen molar-refractivity contribution < 1.29 is 14.3 Å². The lowest BCUT2D eigenvalue weighted by molar-refractivity contribution is 0.0330. The maximum atomic E-state index is 12.5. The minimum atomic E-state index is -0.492. The summed E-state index contributed by atoms with van der Waals surface area (Å²) in [5.41, 5.74) is 1.18. The molecule has 3 rings (SSSR count). The molecule has 0 radical (unpaired) electrons. The molecule has 0 aromatic heterocycles. The fourth-order valence-corrected chi connectivity index (χ4v) is 4.28. The van der Waals surface area contributed by atoms with Gasteiger partial charge in [-0.2, -0.15) is 0 Å². The van der Waals surface area contributed by atoms with E-state index in [0.29, 0.717) is 15.1 Å². The van der Waals surface area contributed by atoms with Gasteiger partial charge in [0.15, 0.2) is 0 Å². The molecule has 1 aliphatic heterocycles. The van der Waals surface area contributed by atoms with Gasteiger partial charge in [0.05, 0.1) is 30.4 Å². The molecule has 1 atom stereocenters. The zero-order chi connectivity index (χ0) is 20.8. The first-order valence-electron chi connectivity index (χ1n) is 9.31. The summed E-state index contributed by atoms with van der Waals surface area (Å²) in [7, 11) is 0. The molecule has 0 saturated carbocycles. The molecular formula is C21H22Cl5NO3. The van der Waals surface area contributed by atoms with Crippen molar-refractivity contribution in [1.29, 1.82) is 0 Å². The highest BCUT2D eigenvalue weighted by atomic mass is 35.5. The first-order valence-corrected chi connectivity index (χ1v) is 10.8. The molecule has 0 spiro atoms. The van der Waals surface area contributed by atoms with Crippen LogP contribution in [0.5, 0.6) is 0 Å². The van der Waals surface area contributed by atoms with E-state index in [0.717, 1.165) is 44.8 Å². The Hall–Kier alpha value is -0.720. The number of rotatable bonds is 7. The maximum Gasteiger partial charge on any atom is 0.339 e. The maximum absolute atomic E-state index is 12.5. The number of nitrogens with zero attached hydrogens (tertiary/aromatic N) is 1. The third-order valence-corrected chi connectivity index (χ3v) is 5.98. The molecule has 1 heterocycles. The highest BCUT2D eigenvalue weighted by Gasteiger charge is 2.21. The van der Waals surface area contributed by atoms with Gasteiger partial charge in [0.25, 0.3) is 0 Å². The van der Waals surface area contributed by atoms with Crippen LogP contribution in [0, 0.1) is 0 Å². The van der Waals surface area contributed by atoms with Gasteiger partial charge in [0.2, 0.25) is 0 Å². The van der Waals surface area contributed by atoms with Gasteiger partial charge in [-0.3, -0.25) is 4.90 Å². The van der Waals surface area contributed by atoms with Crippen molar-refractivity contribution in [1.82, 2.24) is 4.90 Å². The van der Waals surface area contributed by atoms with E-state index in [2.05, 4.69) is 4.90 Å². The first-order chi connectivity index (χ1) is 13.9. The normalized spacial score (nSPS) is 15.3. The minimum absolute atomic E-state index is 0. The Balaban J connectivity index is 0.00000320. The molecule has 1 aliphatic rings. The predicted molar refractivity (Wildman–Crippen MR) is 125 cm³/mol. The van der Waals surface area contributed by atoms with Gasteiger partial charge in [-0.1, -0.05) is 52.5 Å². The van der Waals surface area contributed by atoms with Crippen molar-refractivity contribution in [3.63, 3.8) is 0 Å². The lowest BCUT2D eigenvalue weighted by Gasteiger charge is -2.28. The molecule has 0 bridgehead atoms. The Labute approximate surface area is 202 Å². The molecule has 164 valence electrons. The quantitative estimate of drug-likeness (QED) is 0.403. The summed E-state index contributed by atoms with van der Waals surface area (Å²) in [6, 6.07) is 10.1. The van der Waals surface area contributed by atoms with Crippen molar-refractivity contribution in [2.45, 2.75) is 12.3 Å². The Morgan fingerprint density at radius 2 is 1.63 bits per heavy atom. The van der Waals surface area contributed by atoms with Gasteiger partial charge in [-0.05, 0) is 48.9 Å². The summed E-state index contributed by atoms with van der Waals surface area (Å²) in [5.74, 6) is -0.564.